The Balaban J connectivity index is 1.73. The molecular weight excluding hydrogens is 346 g/mol. The molecule has 4 rings (SSSR count). The first-order valence-corrected chi connectivity index (χ1v) is 9.40. The highest BCUT2D eigenvalue weighted by Crippen LogP contribution is 2.24. The predicted octanol–water partition coefficient (Wildman–Crippen LogP) is 5.01. The maximum atomic E-state index is 13.0. The molecule has 28 heavy (non-hydrogen) atoms. The number of aromatic nitrogens is 2. The number of fused-ring (bicyclic) bond motifs is 1. The van der Waals surface area contributed by atoms with Gasteiger partial charge in [0, 0.05) is 5.56 Å². The summed E-state index contributed by atoms with van der Waals surface area (Å²) in [6.07, 6.45) is 0. The number of carbonyl (C=O) groups excluding carboxylic acids is 1. The molecule has 140 valence electrons. The lowest BCUT2D eigenvalue weighted by atomic mass is 10.0. The average molecular weight is 369 g/mol. The van der Waals surface area contributed by atoms with Crippen molar-refractivity contribution in [3.63, 3.8) is 0 Å². The molecule has 1 aromatic heterocycles. The van der Waals surface area contributed by atoms with E-state index in [-0.39, 0.29) is 11.9 Å². The van der Waals surface area contributed by atoms with E-state index in [0.717, 1.165) is 33.5 Å². The van der Waals surface area contributed by atoms with Gasteiger partial charge in [0.2, 0.25) is 0 Å². The third-order valence-electron chi connectivity index (χ3n) is 5.11. The zero-order chi connectivity index (χ0) is 19.7. The number of H-pyrrole nitrogens is 1. The van der Waals surface area contributed by atoms with E-state index in [4.69, 9.17) is 4.98 Å². The van der Waals surface area contributed by atoms with E-state index < -0.39 is 0 Å². The normalized spacial score (nSPS) is 12.1. The van der Waals surface area contributed by atoms with Gasteiger partial charge in [0.25, 0.3) is 5.91 Å². The van der Waals surface area contributed by atoms with Crippen LogP contribution in [0.15, 0.2) is 66.7 Å². The molecule has 4 aromatic rings. The number of hydrogen-bond donors (Lipinski definition) is 2. The molecule has 2 N–H and O–H groups in total. The van der Waals surface area contributed by atoms with E-state index in [0.29, 0.717) is 5.56 Å². The van der Waals surface area contributed by atoms with Crippen LogP contribution in [0.4, 0.5) is 0 Å². The standard InChI is InChI=1S/C24H23N3O/c1-15-9-12-20-21(13-15)26-23(25-20)22(18-7-5-4-6-8-18)27-24(28)19-11-10-16(2)17(3)14-19/h4-14,22H,1-3H3,(H,25,26)(H,27,28). The third-order valence-corrected chi connectivity index (χ3v) is 5.11. The van der Waals surface area contributed by atoms with Crippen LogP contribution in [0.3, 0.4) is 0 Å². The number of carbonyl (C=O) groups is 1. The van der Waals surface area contributed by atoms with Gasteiger partial charge >= 0.3 is 0 Å². The van der Waals surface area contributed by atoms with Crippen molar-refractivity contribution in [3.8, 4) is 0 Å². The van der Waals surface area contributed by atoms with Crippen LogP contribution in [-0.2, 0) is 0 Å². The molecule has 0 aliphatic carbocycles. The lowest BCUT2D eigenvalue weighted by Crippen LogP contribution is -2.30. The maximum absolute atomic E-state index is 13.0. The highest BCUT2D eigenvalue weighted by atomic mass is 16.1. The fourth-order valence-electron chi connectivity index (χ4n) is 3.33. The van der Waals surface area contributed by atoms with Crippen molar-refractivity contribution in [2.45, 2.75) is 26.8 Å². The first-order valence-electron chi connectivity index (χ1n) is 9.40. The average Bonchev–Trinajstić information content (AvgIpc) is 3.11. The second-order valence-corrected chi connectivity index (χ2v) is 7.26. The number of imidazole rings is 1. The monoisotopic (exact) mass is 369 g/mol. The van der Waals surface area contributed by atoms with Crippen LogP contribution >= 0.6 is 0 Å². The highest BCUT2D eigenvalue weighted by molar-refractivity contribution is 5.95. The maximum Gasteiger partial charge on any atom is 0.252 e. The van der Waals surface area contributed by atoms with Crippen molar-refractivity contribution in [3.05, 3.63) is 100 Å². The molecule has 0 saturated heterocycles. The fraction of sp³-hybridized carbons (Fsp3) is 0.167. The van der Waals surface area contributed by atoms with Crippen LogP contribution in [0.1, 0.15) is 44.5 Å². The SMILES string of the molecule is Cc1ccc2nc(C(NC(=O)c3ccc(C)c(C)c3)c3ccccc3)[nH]c2c1. The molecule has 0 aliphatic rings. The molecule has 4 heteroatoms. The number of rotatable bonds is 4. The fourth-order valence-corrected chi connectivity index (χ4v) is 3.33. The molecule has 0 radical (unpaired) electrons. The largest absolute Gasteiger partial charge is 0.340 e. The number of aryl methyl sites for hydroxylation is 3. The van der Waals surface area contributed by atoms with Crippen LogP contribution in [0.5, 0.6) is 0 Å². The third kappa shape index (κ3) is 3.54. The van der Waals surface area contributed by atoms with Gasteiger partial charge < -0.3 is 10.3 Å². The number of nitrogens with one attached hydrogen (secondary N) is 2. The van der Waals surface area contributed by atoms with Gasteiger partial charge in [0.15, 0.2) is 0 Å². The second-order valence-electron chi connectivity index (χ2n) is 7.26. The number of nitrogens with zero attached hydrogens (tertiary/aromatic N) is 1. The number of aromatic amines is 1. The van der Waals surface area contributed by atoms with Crippen LogP contribution in [0, 0.1) is 20.8 Å². The second kappa shape index (κ2) is 7.31. The molecule has 1 unspecified atom stereocenters. The number of hydrogen-bond acceptors (Lipinski definition) is 2. The van der Waals surface area contributed by atoms with Crippen molar-refractivity contribution in [1.29, 1.82) is 0 Å². The van der Waals surface area contributed by atoms with Crippen LogP contribution in [0.2, 0.25) is 0 Å². The van der Waals surface area contributed by atoms with Crippen molar-refractivity contribution in [2.75, 3.05) is 0 Å². The molecule has 4 nitrogen and oxygen atoms in total. The molecule has 1 atom stereocenters. The van der Waals surface area contributed by atoms with E-state index in [1.165, 1.54) is 5.56 Å². The predicted molar refractivity (Wildman–Crippen MR) is 112 cm³/mol. The minimum absolute atomic E-state index is 0.117. The molecule has 1 amide bonds. The Morgan fingerprint density at radius 2 is 1.71 bits per heavy atom. The van der Waals surface area contributed by atoms with E-state index in [1.54, 1.807) is 0 Å². The van der Waals surface area contributed by atoms with E-state index in [2.05, 4.69) is 23.3 Å². The van der Waals surface area contributed by atoms with Crippen LogP contribution in [0.25, 0.3) is 11.0 Å². The lowest BCUT2D eigenvalue weighted by Gasteiger charge is -2.17. The highest BCUT2D eigenvalue weighted by Gasteiger charge is 2.21. The van der Waals surface area contributed by atoms with Gasteiger partial charge in [-0.05, 0) is 67.3 Å². The summed E-state index contributed by atoms with van der Waals surface area (Å²) in [5.74, 6) is 0.609. The first kappa shape index (κ1) is 18.0. The summed E-state index contributed by atoms with van der Waals surface area (Å²) < 4.78 is 0. The Bertz CT molecular complexity index is 1150. The van der Waals surface area contributed by atoms with Gasteiger partial charge in [0.05, 0.1) is 11.0 Å². The van der Waals surface area contributed by atoms with Crippen molar-refractivity contribution in [2.24, 2.45) is 0 Å². The van der Waals surface area contributed by atoms with Crippen molar-refractivity contribution < 1.29 is 4.79 Å². The Labute approximate surface area is 164 Å². The van der Waals surface area contributed by atoms with Crippen LogP contribution in [-0.4, -0.2) is 15.9 Å². The molecule has 0 aliphatic heterocycles. The molecule has 0 fully saturated rings. The Morgan fingerprint density at radius 1 is 0.929 bits per heavy atom. The summed E-state index contributed by atoms with van der Waals surface area (Å²) in [6.45, 7) is 6.11. The molecule has 1 heterocycles. The van der Waals surface area contributed by atoms with Gasteiger partial charge in [-0.2, -0.15) is 0 Å². The molecule has 3 aromatic carbocycles. The summed E-state index contributed by atoms with van der Waals surface area (Å²) in [7, 11) is 0. The lowest BCUT2D eigenvalue weighted by molar-refractivity contribution is 0.0941. The zero-order valence-corrected chi connectivity index (χ0v) is 16.3. The minimum Gasteiger partial charge on any atom is -0.340 e. The smallest absolute Gasteiger partial charge is 0.252 e. The van der Waals surface area contributed by atoms with Gasteiger partial charge in [-0.25, -0.2) is 4.98 Å². The quantitative estimate of drug-likeness (QED) is 0.531. The van der Waals surface area contributed by atoms with Crippen molar-refractivity contribution in [1.82, 2.24) is 15.3 Å². The van der Waals surface area contributed by atoms with E-state index in [9.17, 15) is 4.79 Å². The summed E-state index contributed by atoms with van der Waals surface area (Å²) in [6, 6.07) is 21.4. The van der Waals surface area contributed by atoms with E-state index >= 15 is 0 Å². The molecular formula is C24H23N3O. The Hall–Kier alpha value is -3.40. The van der Waals surface area contributed by atoms with Gasteiger partial charge in [0.1, 0.15) is 11.9 Å². The minimum atomic E-state index is -0.358. The topological polar surface area (TPSA) is 57.8 Å². The number of amides is 1. The van der Waals surface area contributed by atoms with Crippen molar-refractivity contribution >= 4 is 16.9 Å². The molecule has 0 spiro atoms. The van der Waals surface area contributed by atoms with Gasteiger partial charge in [-0.3, -0.25) is 4.79 Å². The van der Waals surface area contributed by atoms with Gasteiger partial charge in [-0.15, -0.1) is 0 Å². The summed E-state index contributed by atoms with van der Waals surface area (Å²) in [5, 5.41) is 3.16. The zero-order valence-electron chi connectivity index (χ0n) is 16.3. The summed E-state index contributed by atoms with van der Waals surface area (Å²) in [5.41, 5.74) is 6.93. The molecule has 0 bridgehead atoms. The Morgan fingerprint density at radius 3 is 2.46 bits per heavy atom. The molecule has 0 saturated carbocycles. The summed E-state index contributed by atoms with van der Waals surface area (Å²) >= 11 is 0. The van der Waals surface area contributed by atoms with Crippen LogP contribution < -0.4 is 5.32 Å². The van der Waals surface area contributed by atoms with Gasteiger partial charge in [-0.1, -0.05) is 42.5 Å². The Kier molecular flexibility index (Phi) is 4.70. The summed E-state index contributed by atoms with van der Waals surface area (Å²) in [4.78, 5) is 21.1. The number of benzene rings is 3. The first-order chi connectivity index (χ1) is 13.5. The van der Waals surface area contributed by atoms with E-state index in [1.807, 2.05) is 74.5 Å².